The predicted octanol–water partition coefficient (Wildman–Crippen LogP) is 2.08. The Morgan fingerprint density at radius 2 is 1.93 bits per heavy atom. The zero-order valence-electron chi connectivity index (χ0n) is 17.5. The van der Waals surface area contributed by atoms with E-state index in [2.05, 4.69) is 32.2 Å². The summed E-state index contributed by atoms with van der Waals surface area (Å²) in [4.78, 5) is 9.58. The van der Waals surface area contributed by atoms with Crippen molar-refractivity contribution >= 4 is 29.9 Å². The van der Waals surface area contributed by atoms with Crippen molar-refractivity contribution in [3.05, 3.63) is 29.8 Å². The topological polar surface area (TPSA) is 75.3 Å². The number of hydrogen-bond acceptors (Lipinski definition) is 5. The Morgan fingerprint density at radius 1 is 1.21 bits per heavy atom. The molecule has 0 spiro atoms. The Labute approximate surface area is 192 Å². The molecule has 3 N–H and O–H groups in total. The summed E-state index contributed by atoms with van der Waals surface area (Å²) in [5.74, 6) is 1.45. The molecule has 2 aliphatic rings. The predicted molar refractivity (Wildman–Crippen MR) is 128 cm³/mol. The van der Waals surface area contributed by atoms with Crippen LogP contribution in [-0.4, -0.2) is 81.9 Å². The van der Waals surface area contributed by atoms with Crippen LogP contribution >= 0.6 is 24.0 Å². The monoisotopic (exact) mass is 517 g/mol. The second-order valence-corrected chi connectivity index (χ2v) is 7.46. The fourth-order valence-corrected chi connectivity index (χ4v) is 3.99. The summed E-state index contributed by atoms with van der Waals surface area (Å²) in [7, 11) is 1.73. The zero-order chi connectivity index (χ0) is 19.6. The molecule has 3 rings (SSSR count). The molecule has 0 bridgehead atoms. The molecule has 2 heterocycles. The number of para-hydroxylation sites is 1. The number of nitrogens with one attached hydrogen (secondary N) is 1. The molecule has 2 fully saturated rings. The molecular formula is C21H36IN5O2. The molecule has 1 aromatic carbocycles. The number of morpholine rings is 1. The van der Waals surface area contributed by atoms with Gasteiger partial charge < -0.3 is 20.5 Å². The van der Waals surface area contributed by atoms with E-state index in [-0.39, 0.29) is 30.0 Å². The van der Waals surface area contributed by atoms with Gasteiger partial charge in [0, 0.05) is 25.2 Å². The number of guanidine groups is 1. The maximum absolute atomic E-state index is 6.14. The van der Waals surface area contributed by atoms with E-state index in [4.69, 9.17) is 15.2 Å². The number of aliphatic imine (C=N–C) groups is 1. The number of nitrogens with two attached hydrogens (primary N) is 1. The minimum Gasteiger partial charge on any atom is -0.496 e. The molecule has 8 heteroatoms. The normalized spacial score (nSPS) is 19.6. The molecule has 2 saturated heterocycles. The molecule has 0 aromatic heterocycles. The minimum absolute atomic E-state index is 0. The van der Waals surface area contributed by atoms with E-state index in [1.54, 1.807) is 7.11 Å². The smallest absolute Gasteiger partial charge is 0.188 e. The number of benzene rings is 1. The average Bonchev–Trinajstić information content (AvgIpc) is 3.27. The maximum Gasteiger partial charge on any atom is 0.188 e. The highest BCUT2D eigenvalue weighted by Gasteiger charge is 2.25. The number of nitrogens with zero attached hydrogens (tertiary/aromatic N) is 3. The van der Waals surface area contributed by atoms with Crippen molar-refractivity contribution in [1.29, 1.82) is 0 Å². The van der Waals surface area contributed by atoms with Gasteiger partial charge in [-0.05, 0) is 45.0 Å². The summed E-state index contributed by atoms with van der Waals surface area (Å²) in [6.07, 6.45) is 3.54. The molecule has 0 amide bonds. The van der Waals surface area contributed by atoms with Gasteiger partial charge in [0.25, 0.3) is 0 Å². The van der Waals surface area contributed by atoms with E-state index in [0.717, 1.165) is 64.7 Å². The lowest BCUT2D eigenvalue weighted by Crippen LogP contribution is -2.39. The van der Waals surface area contributed by atoms with Crippen molar-refractivity contribution < 1.29 is 9.47 Å². The van der Waals surface area contributed by atoms with E-state index >= 15 is 0 Å². The SMILES string of the molecule is COc1ccccc1C(CN=C(N)NCCCN1CCOCC1)N1CCCC1.I. The third kappa shape index (κ3) is 7.58. The van der Waals surface area contributed by atoms with Crippen molar-refractivity contribution in [2.24, 2.45) is 10.7 Å². The van der Waals surface area contributed by atoms with Gasteiger partial charge in [-0.2, -0.15) is 0 Å². The summed E-state index contributed by atoms with van der Waals surface area (Å²) in [5.41, 5.74) is 7.33. The Kier molecular flexibility index (Phi) is 11.0. The molecule has 0 radical (unpaired) electrons. The molecule has 164 valence electrons. The third-order valence-corrected chi connectivity index (χ3v) is 5.57. The van der Waals surface area contributed by atoms with Crippen LogP contribution in [0.25, 0.3) is 0 Å². The van der Waals surface area contributed by atoms with E-state index in [1.165, 1.54) is 18.4 Å². The number of likely N-dealkylation sites (tertiary alicyclic amines) is 1. The number of methoxy groups -OCH3 is 1. The summed E-state index contributed by atoms with van der Waals surface area (Å²) in [6.45, 7) is 8.51. The lowest BCUT2D eigenvalue weighted by molar-refractivity contribution is 0.0376. The standard InChI is InChI=1S/C21H35N5O2.HI/c1-27-20-8-3-2-7-18(20)19(26-11-4-5-12-26)17-24-21(22)23-9-6-10-25-13-15-28-16-14-25;/h2-3,7-8,19H,4-6,9-17H2,1H3,(H3,22,23,24);1H. The van der Waals surface area contributed by atoms with E-state index in [0.29, 0.717) is 12.5 Å². The van der Waals surface area contributed by atoms with Crippen LogP contribution in [0.1, 0.15) is 30.9 Å². The van der Waals surface area contributed by atoms with Gasteiger partial charge in [0.2, 0.25) is 0 Å². The highest BCUT2D eigenvalue weighted by molar-refractivity contribution is 14.0. The number of hydrogen-bond donors (Lipinski definition) is 2. The van der Waals surface area contributed by atoms with Crippen LogP contribution < -0.4 is 15.8 Å². The minimum atomic E-state index is 0. The number of halogens is 1. The van der Waals surface area contributed by atoms with Crippen LogP contribution in [0, 0.1) is 0 Å². The van der Waals surface area contributed by atoms with Gasteiger partial charge in [-0.1, -0.05) is 18.2 Å². The second-order valence-electron chi connectivity index (χ2n) is 7.46. The molecule has 0 aliphatic carbocycles. The molecule has 1 unspecified atom stereocenters. The molecule has 1 aromatic rings. The van der Waals surface area contributed by atoms with Gasteiger partial charge in [0.15, 0.2) is 5.96 Å². The van der Waals surface area contributed by atoms with E-state index < -0.39 is 0 Å². The van der Waals surface area contributed by atoms with Crippen molar-refractivity contribution in [3.63, 3.8) is 0 Å². The quantitative estimate of drug-likeness (QED) is 0.226. The van der Waals surface area contributed by atoms with Gasteiger partial charge in [0.1, 0.15) is 5.75 Å². The summed E-state index contributed by atoms with van der Waals surface area (Å²) < 4.78 is 11.0. The van der Waals surface area contributed by atoms with Crippen LogP contribution in [0.15, 0.2) is 29.3 Å². The van der Waals surface area contributed by atoms with Crippen LogP contribution in [-0.2, 0) is 4.74 Å². The fraction of sp³-hybridized carbons (Fsp3) is 0.667. The third-order valence-electron chi connectivity index (χ3n) is 5.57. The lowest BCUT2D eigenvalue weighted by atomic mass is 10.0. The highest BCUT2D eigenvalue weighted by atomic mass is 127. The van der Waals surface area contributed by atoms with Gasteiger partial charge in [-0.25, -0.2) is 0 Å². The first-order valence-corrected chi connectivity index (χ1v) is 10.5. The number of rotatable bonds is 9. The van der Waals surface area contributed by atoms with Crippen LogP contribution in [0.2, 0.25) is 0 Å². The Bertz CT molecular complexity index is 619. The van der Waals surface area contributed by atoms with Gasteiger partial charge >= 0.3 is 0 Å². The summed E-state index contributed by atoms with van der Waals surface area (Å²) in [6, 6.07) is 8.44. The van der Waals surface area contributed by atoms with Gasteiger partial charge in [0.05, 0.1) is 32.9 Å². The molecule has 1 atom stereocenters. The Balaban J connectivity index is 0.00000300. The van der Waals surface area contributed by atoms with Crippen LogP contribution in [0.3, 0.4) is 0 Å². The van der Waals surface area contributed by atoms with Gasteiger partial charge in [-0.3, -0.25) is 14.8 Å². The molecule has 29 heavy (non-hydrogen) atoms. The second kappa shape index (κ2) is 13.3. The van der Waals surface area contributed by atoms with Crippen molar-refractivity contribution in [2.75, 3.05) is 66.1 Å². The molecule has 2 aliphatic heterocycles. The molecule has 7 nitrogen and oxygen atoms in total. The Morgan fingerprint density at radius 3 is 2.66 bits per heavy atom. The fourth-order valence-electron chi connectivity index (χ4n) is 3.99. The van der Waals surface area contributed by atoms with E-state index in [9.17, 15) is 0 Å². The first kappa shape index (κ1) is 24.2. The van der Waals surface area contributed by atoms with Crippen molar-refractivity contribution in [2.45, 2.75) is 25.3 Å². The molecule has 0 saturated carbocycles. The largest absolute Gasteiger partial charge is 0.496 e. The highest BCUT2D eigenvalue weighted by Crippen LogP contribution is 2.31. The number of ether oxygens (including phenoxy) is 2. The average molecular weight is 517 g/mol. The summed E-state index contributed by atoms with van der Waals surface area (Å²) >= 11 is 0. The van der Waals surface area contributed by atoms with Gasteiger partial charge in [-0.15, -0.1) is 24.0 Å². The zero-order valence-corrected chi connectivity index (χ0v) is 19.8. The molecular weight excluding hydrogens is 481 g/mol. The first-order chi connectivity index (χ1) is 13.8. The van der Waals surface area contributed by atoms with Crippen LogP contribution in [0.5, 0.6) is 5.75 Å². The van der Waals surface area contributed by atoms with Crippen molar-refractivity contribution in [1.82, 2.24) is 15.1 Å². The maximum atomic E-state index is 6.14. The first-order valence-electron chi connectivity index (χ1n) is 10.5. The Hall–Kier alpha value is -1.10. The van der Waals surface area contributed by atoms with Crippen molar-refractivity contribution in [3.8, 4) is 5.75 Å². The lowest BCUT2D eigenvalue weighted by Gasteiger charge is -2.28. The van der Waals surface area contributed by atoms with E-state index in [1.807, 2.05) is 12.1 Å². The van der Waals surface area contributed by atoms with Crippen LogP contribution in [0.4, 0.5) is 0 Å². The summed E-state index contributed by atoms with van der Waals surface area (Å²) in [5, 5.41) is 3.27.